The van der Waals surface area contributed by atoms with E-state index in [4.69, 9.17) is 0 Å². The molecule has 1 fully saturated rings. The predicted molar refractivity (Wildman–Crippen MR) is 81.2 cm³/mol. The van der Waals surface area contributed by atoms with E-state index in [2.05, 4.69) is 9.97 Å². The molecule has 3 rings (SSSR count). The lowest BCUT2D eigenvalue weighted by Gasteiger charge is -2.18. The standard InChI is InChI=1S/C15H13N3OS/c19-13-11-20-14(8-7-12-5-2-1-3-6-12)18(13)15-16-9-4-10-17-15/h1-10,14H,11H2/b8-7+. The highest BCUT2D eigenvalue weighted by atomic mass is 32.2. The smallest absolute Gasteiger partial charge is 0.240 e. The molecule has 2 heterocycles. The van der Waals surface area contributed by atoms with Gasteiger partial charge in [0, 0.05) is 12.4 Å². The summed E-state index contributed by atoms with van der Waals surface area (Å²) in [6.45, 7) is 0. The molecule has 0 radical (unpaired) electrons. The number of thioether (sulfide) groups is 1. The first-order valence-corrected chi connectivity index (χ1v) is 7.33. The van der Waals surface area contributed by atoms with Gasteiger partial charge < -0.3 is 0 Å². The van der Waals surface area contributed by atoms with Crippen molar-refractivity contribution in [1.82, 2.24) is 9.97 Å². The minimum absolute atomic E-state index is 0.0453. The molecule has 1 aliphatic heterocycles. The number of amides is 1. The molecule has 0 bridgehead atoms. The van der Waals surface area contributed by atoms with Crippen LogP contribution in [0.4, 0.5) is 5.95 Å². The molecule has 1 saturated heterocycles. The minimum atomic E-state index is -0.0508. The van der Waals surface area contributed by atoms with Crippen molar-refractivity contribution in [1.29, 1.82) is 0 Å². The maximum absolute atomic E-state index is 12.0. The molecule has 0 aliphatic carbocycles. The van der Waals surface area contributed by atoms with Gasteiger partial charge in [0.15, 0.2) is 0 Å². The van der Waals surface area contributed by atoms with Crippen LogP contribution in [0.3, 0.4) is 0 Å². The van der Waals surface area contributed by atoms with Crippen molar-refractivity contribution in [2.24, 2.45) is 0 Å². The zero-order valence-electron chi connectivity index (χ0n) is 10.7. The van der Waals surface area contributed by atoms with E-state index >= 15 is 0 Å². The van der Waals surface area contributed by atoms with Crippen LogP contribution >= 0.6 is 11.8 Å². The third-order valence-corrected chi connectivity index (χ3v) is 4.04. The first-order valence-electron chi connectivity index (χ1n) is 6.28. The molecule has 5 heteroatoms. The normalized spacial score (nSPS) is 18.9. The molecule has 1 amide bonds. The number of carbonyl (C=O) groups is 1. The molecule has 100 valence electrons. The van der Waals surface area contributed by atoms with Crippen LogP contribution in [0, 0.1) is 0 Å². The van der Waals surface area contributed by atoms with Gasteiger partial charge in [-0.1, -0.05) is 42.5 Å². The second-order valence-corrected chi connectivity index (χ2v) is 5.39. The fourth-order valence-corrected chi connectivity index (χ4v) is 2.99. The number of aromatic nitrogens is 2. The number of rotatable bonds is 3. The molecule has 0 saturated carbocycles. The molecule has 1 unspecified atom stereocenters. The van der Waals surface area contributed by atoms with Crippen LogP contribution in [0.2, 0.25) is 0 Å². The van der Waals surface area contributed by atoms with E-state index in [0.717, 1.165) is 5.56 Å². The topological polar surface area (TPSA) is 46.1 Å². The third kappa shape index (κ3) is 2.72. The number of carbonyl (C=O) groups excluding carboxylic acids is 1. The molecular formula is C15H13N3OS. The van der Waals surface area contributed by atoms with E-state index in [0.29, 0.717) is 11.7 Å². The van der Waals surface area contributed by atoms with Crippen LogP contribution in [-0.2, 0) is 4.79 Å². The summed E-state index contributed by atoms with van der Waals surface area (Å²) in [5.41, 5.74) is 1.11. The molecule has 1 aromatic carbocycles. The second-order valence-electron chi connectivity index (χ2n) is 4.28. The van der Waals surface area contributed by atoms with Crippen molar-refractivity contribution >= 4 is 29.7 Å². The lowest BCUT2D eigenvalue weighted by atomic mass is 10.2. The molecular weight excluding hydrogens is 270 g/mol. The van der Waals surface area contributed by atoms with Crippen molar-refractivity contribution in [3.63, 3.8) is 0 Å². The van der Waals surface area contributed by atoms with Crippen LogP contribution in [0.1, 0.15) is 5.56 Å². The highest BCUT2D eigenvalue weighted by Crippen LogP contribution is 2.29. The third-order valence-electron chi connectivity index (χ3n) is 2.92. The van der Waals surface area contributed by atoms with Gasteiger partial charge in [0.1, 0.15) is 5.37 Å². The highest BCUT2D eigenvalue weighted by molar-refractivity contribution is 8.01. The Bertz CT molecular complexity index is 616. The molecule has 2 aromatic rings. The van der Waals surface area contributed by atoms with Crippen LogP contribution in [0.15, 0.2) is 54.9 Å². The van der Waals surface area contributed by atoms with Crippen molar-refractivity contribution in [2.75, 3.05) is 10.7 Å². The maximum atomic E-state index is 12.0. The van der Waals surface area contributed by atoms with Gasteiger partial charge in [-0.25, -0.2) is 9.97 Å². The van der Waals surface area contributed by atoms with Crippen molar-refractivity contribution < 1.29 is 4.79 Å². The molecule has 20 heavy (non-hydrogen) atoms. The van der Waals surface area contributed by atoms with Gasteiger partial charge in [-0.05, 0) is 11.6 Å². The summed E-state index contributed by atoms with van der Waals surface area (Å²) in [5.74, 6) is 0.969. The van der Waals surface area contributed by atoms with E-state index < -0.39 is 0 Å². The van der Waals surface area contributed by atoms with Gasteiger partial charge >= 0.3 is 0 Å². The Morgan fingerprint density at radius 1 is 1.15 bits per heavy atom. The Kier molecular flexibility index (Phi) is 3.78. The van der Waals surface area contributed by atoms with E-state index in [-0.39, 0.29) is 11.3 Å². The molecule has 4 nitrogen and oxygen atoms in total. The highest BCUT2D eigenvalue weighted by Gasteiger charge is 2.32. The van der Waals surface area contributed by atoms with Gasteiger partial charge in [-0.3, -0.25) is 9.69 Å². The molecule has 1 aromatic heterocycles. The van der Waals surface area contributed by atoms with E-state index in [1.807, 2.05) is 42.5 Å². The average Bonchev–Trinajstić information content (AvgIpc) is 2.88. The van der Waals surface area contributed by atoms with Crippen LogP contribution < -0.4 is 4.90 Å². The molecule has 1 atom stereocenters. The van der Waals surface area contributed by atoms with E-state index in [1.54, 1.807) is 35.1 Å². The number of nitrogens with zero attached hydrogens (tertiary/aromatic N) is 3. The first kappa shape index (κ1) is 12.9. The lowest BCUT2D eigenvalue weighted by Crippen LogP contribution is -2.32. The molecule has 0 spiro atoms. The minimum Gasteiger partial charge on any atom is -0.273 e. The van der Waals surface area contributed by atoms with Gasteiger partial charge in [0.25, 0.3) is 0 Å². The summed E-state index contributed by atoms with van der Waals surface area (Å²) in [7, 11) is 0. The zero-order chi connectivity index (χ0) is 13.8. The van der Waals surface area contributed by atoms with Gasteiger partial charge in [0.2, 0.25) is 11.9 Å². The summed E-state index contributed by atoms with van der Waals surface area (Å²) in [6, 6.07) is 11.8. The lowest BCUT2D eigenvalue weighted by molar-refractivity contribution is -0.115. The maximum Gasteiger partial charge on any atom is 0.240 e. The number of hydrogen-bond donors (Lipinski definition) is 0. The second kappa shape index (κ2) is 5.88. The summed E-state index contributed by atoms with van der Waals surface area (Å²) < 4.78 is 0. The predicted octanol–water partition coefficient (Wildman–Crippen LogP) is 2.60. The van der Waals surface area contributed by atoms with Crippen LogP contribution in [0.25, 0.3) is 6.08 Å². The Hall–Kier alpha value is -2.14. The SMILES string of the molecule is O=C1CSC(/C=C/c2ccccc2)N1c1ncccn1. The Morgan fingerprint density at radius 2 is 1.90 bits per heavy atom. The van der Waals surface area contributed by atoms with Gasteiger partial charge in [-0.2, -0.15) is 0 Å². The largest absolute Gasteiger partial charge is 0.273 e. The van der Waals surface area contributed by atoms with Crippen molar-refractivity contribution in [3.8, 4) is 0 Å². The summed E-state index contributed by atoms with van der Waals surface area (Å²) in [6.07, 6.45) is 7.33. The summed E-state index contributed by atoms with van der Waals surface area (Å²) in [4.78, 5) is 22.0. The Labute approximate surface area is 121 Å². The number of hydrogen-bond acceptors (Lipinski definition) is 4. The Morgan fingerprint density at radius 3 is 2.65 bits per heavy atom. The molecule has 0 N–H and O–H groups in total. The fraction of sp³-hybridized carbons (Fsp3) is 0.133. The van der Waals surface area contributed by atoms with Gasteiger partial charge in [0.05, 0.1) is 5.75 Å². The number of benzene rings is 1. The van der Waals surface area contributed by atoms with Crippen LogP contribution in [-0.4, -0.2) is 27.0 Å². The summed E-state index contributed by atoms with van der Waals surface area (Å²) >= 11 is 1.58. The Balaban J connectivity index is 1.82. The number of anilines is 1. The fourth-order valence-electron chi connectivity index (χ4n) is 1.98. The molecule has 1 aliphatic rings. The quantitative estimate of drug-likeness (QED) is 0.868. The van der Waals surface area contributed by atoms with Crippen molar-refractivity contribution in [2.45, 2.75) is 5.37 Å². The first-order chi connectivity index (χ1) is 9.84. The average molecular weight is 283 g/mol. The van der Waals surface area contributed by atoms with Crippen LogP contribution in [0.5, 0.6) is 0 Å². The monoisotopic (exact) mass is 283 g/mol. The summed E-state index contributed by atoms with van der Waals surface area (Å²) in [5, 5.41) is -0.0508. The zero-order valence-corrected chi connectivity index (χ0v) is 11.5. The van der Waals surface area contributed by atoms with E-state index in [9.17, 15) is 4.79 Å². The van der Waals surface area contributed by atoms with E-state index in [1.165, 1.54) is 0 Å². The van der Waals surface area contributed by atoms with Crippen molar-refractivity contribution in [3.05, 3.63) is 60.4 Å². The van der Waals surface area contributed by atoms with Gasteiger partial charge in [-0.15, -0.1) is 11.8 Å².